The Balaban J connectivity index is 1.36. The van der Waals surface area contributed by atoms with Crippen molar-refractivity contribution in [3.05, 3.63) is 72.0 Å². The Morgan fingerprint density at radius 2 is 1.63 bits per heavy atom. The van der Waals surface area contributed by atoms with Gasteiger partial charge in [0.05, 0.1) is 0 Å². The summed E-state index contributed by atoms with van der Waals surface area (Å²) in [4.78, 5) is 25.4. The zero-order valence-electron chi connectivity index (χ0n) is 16.5. The lowest BCUT2D eigenvalue weighted by Gasteiger charge is -2.22. The number of anilines is 4. The molecular weight excluding hydrogens is 400 g/mol. The standard InChI is InChI=1S/C22H23ClN6O/c23-17-6-8-18(9-7-17)26-19-4-1-5-20(16-19)27-22(30)29-13-3-12-28(14-15-29)21-24-10-2-11-25-21/h1-2,4-11,16,26H,3,12-15H2,(H,27,30). The molecule has 0 bridgehead atoms. The lowest BCUT2D eigenvalue weighted by molar-refractivity contribution is 0.215. The van der Waals surface area contributed by atoms with Crippen LogP contribution >= 0.6 is 11.6 Å². The average molecular weight is 423 g/mol. The van der Waals surface area contributed by atoms with Crippen LogP contribution < -0.4 is 15.5 Å². The van der Waals surface area contributed by atoms with E-state index in [-0.39, 0.29) is 6.03 Å². The Morgan fingerprint density at radius 1 is 0.867 bits per heavy atom. The van der Waals surface area contributed by atoms with Crippen LogP contribution in [0, 0.1) is 0 Å². The molecule has 1 saturated heterocycles. The van der Waals surface area contributed by atoms with Crippen molar-refractivity contribution in [2.45, 2.75) is 6.42 Å². The monoisotopic (exact) mass is 422 g/mol. The highest BCUT2D eigenvalue weighted by Crippen LogP contribution is 2.22. The predicted molar refractivity (Wildman–Crippen MR) is 121 cm³/mol. The topological polar surface area (TPSA) is 73.4 Å². The van der Waals surface area contributed by atoms with Gasteiger partial charge < -0.3 is 20.4 Å². The second-order valence-corrected chi connectivity index (χ2v) is 7.46. The Labute approximate surface area is 180 Å². The fraction of sp³-hybridized carbons (Fsp3) is 0.227. The number of carbonyl (C=O) groups is 1. The van der Waals surface area contributed by atoms with Gasteiger partial charge in [0.25, 0.3) is 0 Å². The molecule has 154 valence electrons. The third-order valence-corrected chi connectivity index (χ3v) is 5.12. The number of hydrogen-bond donors (Lipinski definition) is 2. The summed E-state index contributed by atoms with van der Waals surface area (Å²) in [5.74, 6) is 0.709. The highest BCUT2D eigenvalue weighted by molar-refractivity contribution is 6.30. The Bertz CT molecular complexity index is 982. The van der Waals surface area contributed by atoms with E-state index in [1.807, 2.05) is 53.4 Å². The number of rotatable bonds is 4. The van der Waals surface area contributed by atoms with E-state index in [1.54, 1.807) is 18.5 Å². The quantitative estimate of drug-likeness (QED) is 0.641. The van der Waals surface area contributed by atoms with Gasteiger partial charge in [-0.3, -0.25) is 0 Å². The van der Waals surface area contributed by atoms with E-state index in [2.05, 4.69) is 25.5 Å². The lowest BCUT2D eigenvalue weighted by atomic mass is 10.2. The normalized spacial score (nSPS) is 14.2. The van der Waals surface area contributed by atoms with E-state index in [4.69, 9.17) is 11.6 Å². The molecule has 2 amide bonds. The predicted octanol–water partition coefficient (Wildman–Crippen LogP) is 4.62. The van der Waals surface area contributed by atoms with Crippen LogP contribution in [0.25, 0.3) is 0 Å². The summed E-state index contributed by atoms with van der Waals surface area (Å²) in [6.45, 7) is 2.84. The van der Waals surface area contributed by atoms with Gasteiger partial charge in [-0.25, -0.2) is 14.8 Å². The second-order valence-electron chi connectivity index (χ2n) is 7.02. The maximum atomic E-state index is 12.8. The average Bonchev–Trinajstić information content (AvgIpc) is 3.03. The number of carbonyl (C=O) groups excluding carboxylic acids is 1. The minimum absolute atomic E-state index is 0.102. The van der Waals surface area contributed by atoms with Gasteiger partial charge in [-0.05, 0) is 55.0 Å². The minimum Gasteiger partial charge on any atom is -0.355 e. The maximum Gasteiger partial charge on any atom is 0.321 e. The van der Waals surface area contributed by atoms with Crippen LogP contribution in [-0.2, 0) is 0 Å². The summed E-state index contributed by atoms with van der Waals surface area (Å²) in [6.07, 6.45) is 4.34. The van der Waals surface area contributed by atoms with Crippen molar-refractivity contribution in [1.82, 2.24) is 14.9 Å². The van der Waals surface area contributed by atoms with Crippen molar-refractivity contribution in [3.8, 4) is 0 Å². The van der Waals surface area contributed by atoms with Gasteiger partial charge in [0.15, 0.2) is 0 Å². The zero-order valence-corrected chi connectivity index (χ0v) is 17.2. The molecule has 30 heavy (non-hydrogen) atoms. The molecule has 3 aromatic rings. The minimum atomic E-state index is -0.102. The molecule has 0 aliphatic carbocycles. The Hall–Kier alpha value is -3.32. The molecule has 4 rings (SSSR count). The number of hydrogen-bond acceptors (Lipinski definition) is 5. The first kappa shape index (κ1) is 20.0. The summed E-state index contributed by atoms with van der Waals surface area (Å²) in [5, 5.41) is 7.01. The molecule has 0 unspecified atom stereocenters. The number of nitrogens with zero attached hydrogens (tertiary/aromatic N) is 4. The van der Waals surface area contributed by atoms with E-state index in [9.17, 15) is 4.79 Å². The van der Waals surface area contributed by atoms with Crippen LogP contribution in [0.15, 0.2) is 67.0 Å². The Morgan fingerprint density at radius 3 is 2.43 bits per heavy atom. The van der Waals surface area contributed by atoms with Crippen LogP contribution in [0.3, 0.4) is 0 Å². The van der Waals surface area contributed by atoms with Crippen molar-refractivity contribution in [2.24, 2.45) is 0 Å². The molecule has 2 aromatic carbocycles. The number of aromatic nitrogens is 2. The lowest BCUT2D eigenvalue weighted by Crippen LogP contribution is -2.38. The van der Waals surface area contributed by atoms with Gasteiger partial charge in [0.1, 0.15) is 0 Å². The Kier molecular flexibility index (Phi) is 6.29. The van der Waals surface area contributed by atoms with E-state index < -0.39 is 0 Å². The van der Waals surface area contributed by atoms with Crippen molar-refractivity contribution >= 4 is 40.6 Å². The first-order chi connectivity index (χ1) is 14.7. The van der Waals surface area contributed by atoms with E-state index >= 15 is 0 Å². The van der Waals surface area contributed by atoms with Crippen LogP contribution in [0.2, 0.25) is 5.02 Å². The third-order valence-electron chi connectivity index (χ3n) is 4.86. The number of urea groups is 1. The molecule has 0 spiro atoms. The number of halogens is 1. The maximum absolute atomic E-state index is 12.8. The molecule has 2 N–H and O–H groups in total. The molecular formula is C22H23ClN6O. The number of nitrogens with one attached hydrogen (secondary N) is 2. The summed E-state index contributed by atoms with van der Waals surface area (Å²) in [5.41, 5.74) is 2.56. The first-order valence-corrected chi connectivity index (χ1v) is 10.3. The van der Waals surface area contributed by atoms with E-state index in [0.717, 1.165) is 30.0 Å². The fourth-order valence-electron chi connectivity index (χ4n) is 3.35. The van der Waals surface area contributed by atoms with Crippen LogP contribution in [-0.4, -0.2) is 47.1 Å². The molecule has 0 atom stereocenters. The second kappa shape index (κ2) is 9.45. The van der Waals surface area contributed by atoms with Gasteiger partial charge in [0.2, 0.25) is 5.95 Å². The molecule has 0 radical (unpaired) electrons. The van der Waals surface area contributed by atoms with E-state index in [1.165, 1.54) is 0 Å². The van der Waals surface area contributed by atoms with E-state index in [0.29, 0.717) is 30.6 Å². The molecule has 1 aliphatic rings. The molecule has 1 fully saturated rings. The fourth-order valence-corrected chi connectivity index (χ4v) is 3.48. The van der Waals surface area contributed by atoms with Gasteiger partial charge in [-0.15, -0.1) is 0 Å². The van der Waals surface area contributed by atoms with Crippen molar-refractivity contribution < 1.29 is 4.79 Å². The van der Waals surface area contributed by atoms with Crippen molar-refractivity contribution in [3.63, 3.8) is 0 Å². The molecule has 2 heterocycles. The third kappa shape index (κ3) is 5.18. The van der Waals surface area contributed by atoms with Gasteiger partial charge in [-0.1, -0.05) is 17.7 Å². The number of benzene rings is 2. The van der Waals surface area contributed by atoms with Crippen molar-refractivity contribution in [1.29, 1.82) is 0 Å². The summed E-state index contributed by atoms with van der Waals surface area (Å²) in [6, 6.07) is 16.8. The zero-order chi connectivity index (χ0) is 20.8. The summed E-state index contributed by atoms with van der Waals surface area (Å²) in [7, 11) is 0. The van der Waals surface area contributed by atoms with Gasteiger partial charge in [0, 0.05) is 60.7 Å². The summed E-state index contributed by atoms with van der Waals surface area (Å²) >= 11 is 5.94. The SMILES string of the molecule is O=C(Nc1cccc(Nc2ccc(Cl)cc2)c1)N1CCCN(c2ncccn2)CC1. The van der Waals surface area contributed by atoms with Crippen LogP contribution in [0.1, 0.15) is 6.42 Å². The largest absolute Gasteiger partial charge is 0.355 e. The first-order valence-electron chi connectivity index (χ1n) is 9.88. The van der Waals surface area contributed by atoms with Crippen LogP contribution in [0.4, 0.5) is 27.8 Å². The highest BCUT2D eigenvalue weighted by Gasteiger charge is 2.20. The van der Waals surface area contributed by atoms with Gasteiger partial charge in [-0.2, -0.15) is 0 Å². The summed E-state index contributed by atoms with van der Waals surface area (Å²) < 4.78 is 0. The van der Waals surface area contributed by atoms with Crippen LogP contribution in [0.5, 0.6) is 0 Å². The number of amides is 2. The highest BCUT2D eigenvalue weighted by atomic mass is 35.5. The molecule has 8 heteroatoms. The smallest absolute Gasteiger partial charge is 0.321 e. The molecule has 1 aliphatic heterocycles. The van der Waals surface area contributed by atoms with Crippen molar-refractivity contribution in [2.75, 3.05) is 41.7 Å². The molecule has 0 saturated carbocycles. The van der Waals surface area contributed by atoms with Gasteiger partial charge >= 0.3 is 6.03 Å². The molecule has 7 nitrogen and oxygen atoms in total. The molecule has 1 aromatic heterocycles.